The Kier molecular flexibility index (Phi) is 3.22. The Hall–Kier alpha value is -3.76. The maximum absolute atomic E-state index is 12.4. The van der Waals surface area contributed by atoms with Crippen molar-refractivity contribution in [2.75, 3.05) is 0 Å². The molecule has 0 bridgehead atoms. The number of nitro benzene ring substituents is 2. The zero-order valence-electron chi connectivity index (χ0n) is 11.2. The molecule has 114 valence electrons. The van der Waals surface area contributed by atoms with E-state index in [0.29, 0.717) is 5.52 Å². The van der Waals surface area contributed by atoms with E-state index < -0.39 is 32.6 Å². The molecule has 0 spiro atoms. The minimum atomic E-state index is -0.972. The van der Waals surface area contributed by atoms with E-state index in [1.54, 1.807) is 0 Å². The summed E-state index contributed by atoms with van der Waals surface area (Å²) in [6, 6.07) is 3.26. The number of hydrogen-bond acceptors (Lipinski definition) is 8. The molecular weight excluding hydrogens is 308 g/mol. The predicted octanol–water partition coefficient (Wildman–Crippen LogP) is 1.40. The number of nitrogens with zero attached hydrogens (tertiary/aromatic N) is 5. The summed E-state index contributed by atoms with van der Waals surface area (Å²) in [5, 5.41) is 22.1. The fourth-order valence-corrected chi connectivity index (χ4v) is 2.02. The molecule has 0 aliphatic carbocycles. The van der Waals surface area contributed by atoms with Crippen molar-refractivity contribution in [1.82, 2.24) is 19.9 Å². The number of aromatic amines is 1. The van der Waals surface area contributed by atoms with Crippen LogP contribution in [0.3, 0.4) is 0 Å². The summed E-state index contributed by atoms with van der Waals surface area (Å²) in [5.74, 6) is -1.22. The lowest BCUT2D eigenvalue weighted by Gasteiger charge is -2.02. The van der Waals surface area contributed by atoms with Crippen LogP contribution < -0.4 is 0 Å². The van der Waals surface area contributed by atoms with Crippen LogP contribution in [-0.2, 0) is 0 Å². The van der Waals surface area contributed by atoms with Gasteiger partial charge in [0.2, 0.25) is 11.6 Å². The molecular formula is C12H6N6O5. The van der Waals surface area contributed by atoms with Gasteiger partial charge in [-0.25, -0.2) is 15.0 Å². The van der Waals surface area contributed by atoms with Crippen LogP contribution in [0.4, 0.5) is 11.4 Å². The highest BCUT2D eigenvalue weighted by Crippen LogP contribution is 2.31. The van der Waals surface area contributed by atoms with E-state index in [1.165, 1.54) is 18.6 Å². The molecule has 3 aromatic rings. The lowest BCUT2D eigenvalue weighted by Crippen LogP contribution is -2.11. The molecule has 0 unspecified atom stereocenters. The number of ketones is 1. The predicted molar refractivity (Wildman–Crippen MR) is 74.9 cm³/mol. The zero-order valence-corrected chi connectivity index (χ0v) is 11.2. The number of para-hydroxylation sites is 1. The molecule has 23 heavy (non-hydrogen) atoms. The minimum Gasteiger partial charge on any atom is -0.329 e. The van der Waals surface area contributed by atoms with Gasteiger partial charge in [-0.2, -0.15) is 0 Å². The van der Waals surface area contributed by atoms with Crippen LogP contribution in [0.5, 0.6) is 0 Å². The molecule has 0 aliphatic heterocycles. The van der Waals surface area contributed by atoms with Gasteiger partial charge in [0.15, 0.2) is 5.65 Å². The van der Waals surface area contributed by atoms with Crippen LogP contribution in [0.15, 0.2) is 30.7 Å². The Bertz CT molecular complexity index is 965. The molecule has 11 nitrogen and oxygen atoms in total. The first-order chi connectivity index (χ1) is 11.0. The van der Waals surface area contributed by atoms with E-state index in [9.17, 15) is 25.0 Å². The number of carbonyl (C=O) groups excluding carboxylic acids is 1. The van der Waals surface area contributed by atoms with Gasteiger partial charge in [-0.05, 0) is 6.07 Å². The zero-order chi connectivity index (χ0) is 16.6. The van der Waals surface area contributed by atoms with Crippen molar-refractivity contribution < 1.29 is 14.6 Å². The van der Waals surface area contributed by atoms with E-state index in [4.69, 9.17) is 0 Å². The van der Waals surface area contributed by atoms with E-state index >= 15 is 0 Å². The average molecular weight is 314 g/mol. The molecule has 0 aliphatic rings. The molecule has 2 heterocycles. The molecule has 1 N–H and O–H groups in total. The van der Waals surface area contributed by atoms with Gasteiger partial charge in [-0.3, -0.25) is 25.0 Å². The normalized spacial score (nSPS) is 10.6. The van der Waals surface area contributed by atoms with Crippen LogP contribution in [0.1, 0.15) is 16.2 Å². The van der Waals surface area contributed by atoms with Crippen LogP contribution in [0.25, 0.3) is 11.2 Å². The summed E-state index contributed by atoms with van der Waals surface area (Å²) in [4.78, 5) is 46.9. The number of hydrogen-bond donors (Lipinski definition) is 1. The number of fused-ring (bicyclic) bond motifs is 1. The van der Waals surface area contributed by atoms with Crippen molar-refractivity contribution in [2.24, 2.45) is 0 Å². The fraction of sp³-hybridized carbons (Fsp3) is 0. The smallest absolute Gasteiger partial charge is 0.329 e. The molecule has 0 radical (unpaired) electrons. The first kappa shape index (κ1) is 14.2. The Labute approximate surface area is 126 Å². The topological polar surface area (TPSA) is 158 Å². The highest BCUT2D eigenvalue weighted by molar-refractivity contribution is 6.10. The van der Waals surface area contributed by atoms with E-state index in [2.05, 4.69) is 19.9 Å². The van der Waals surface area contributed by atoms with Crippen LogP contribution >= 0.6 is 0 Å². The largest absolute Gasteiger partial charge is 0.357 e. The molecule has 0 fully saturated rings. The second-order valence-corrected chi connectivity index (χ2v) is 4.35. The molecule has 0 atom stereocenters. The van der Waals surface area contributed by atoms with Crippen LogP contribution in [0.2, 0.25) is 0 Å². The highest BCUT2D eigenvalue weighted by Gasteiger charge is 2.32. The van der Waals surface area contributed by atoms with Crippen LogP contribution in [0, 0.1) is 20.2 Å². The maximum Gasteiger partial charge on any atom is 0.357 e. The SMILES string of the molecule is O=C(c1ncc2nc[nH]c2n1)c1cccc([N+](=O)[O-])c1[N+](=O)[O-]. The first-order valence-corrected chi connectivity index (χ1v) is 6.11. The summed E-state index contributed by atoms with van der Waals surface area (Å²) >= 11 is 0. The molecule has 11 heteroatoms. The molecule has 3 rings (SSSR count). The second kappa shape index (κ2) is 5.22. The molecule has 2 aromatic heterocycles. The summed E-state index contributed by atoms with van der Waals surface area (Å²) in [6.07, 6.45) is 2.62. The monoisotopic (exact) mass is 314 g/mol. The third-order valence-corrected chi connectivity index (χ3v) is 3.02. The molecule has 1 aromatic carbocycles. The molecule has 0 amide bonds. The standard InChI is InChI=1S/C12H6N6O5/c19-10(12-13-4-7-11(16-12)15-5-14-7)6-2-1-3-8(17(20)21)9(6)18(22)23/h1-5H,(H,13,14,15,16). The number of nitrogens with one attached hydrogen (secondary N) is 1. The molecule has 0 saturated carbocycles. The number of carbonyl (C=O) groups is 1. The van der Waals surface area contributed by atoms with Gasteiger partial charge in [0.05, 0.1) is 22.4 Å². The third kappa shape index (κ3) is 2.35. The summed E-state index contributed by atoms with van der Waals surface area (Å²) < 4.78 is 0. The number of nitro groups is 2. The van der Waals surface area contributed by atoms with Crippen molar-refractivity contribution in [1.29, 1.82) is 0 Å². The van der Waals surface area contributed by atoms with Crippen molar-refractivity contribution >= 4 is 28.3 Å². The van der Waals surface area contributed by atoms with Gasteiger partial charge < -0.3 is 4.98 Å². The van der Waals surface area contributed by atoms with Gasteiger partial charge in [-0.15, -0.1) is 0 Å². The summed E-state index contributed by atoms with van der Waals surface area (Å²) in [7, 11) is 0. The Morgan fingerprint density at radius 2 is 1.91 bits per heavy atom. The third-order valence-electron chi connectivity index (χ3n) is 3.02. The van der Waals surface area contributed by atoms with Crippen molar-refractivity contribution in [3.05, 3.63) is 62.3 Å². The Morgan fingerprint density at radius 3 is 2.61 bits per heavy atom. The second-order valence-electron chi connectivity index (χ2n) is 4.35. The van der Waals surface area contributed by atoms with E-state index in [0.717, 1.165) is 12.1 Å². The molecule has 0 saturated heterocycles. The average Bonchev–Trinajstić information content (AvgIpc) is 3.00. The van der Waals surface area contributed by atoms with E-state index in [1.807, 2.05) is 0 Å². The Balaban J connectivity index is 2.17. The first-order valence-electron chi connectivity index (χ1n) is 6.11. The number of benzene rings is 1. The number of H-pyrrole nitrogens is 1. The van der Waals surface area contributed by atoms with Crippen molar-refractivity contribution in [3.63, 3.8) is 0 Å². The summed E-state index contributed by atoms with van der Waals surface area (Å²) in [5.41, 5.74) is -1.44. The maximum atomic E-state index is 12.4. The summed E-state index contributed by atoms with van der Waals surface area (Å²) in [6.45, 7) is 0. The lowest BCUT2D eigenvalue weighted by atomic mass is 10.1. The van der Waals surface area contributed by atoms with Crippen molar-refractivity contribution in [2.45, 2.75) is 0 Å². The lowest BCUT2D eigenvalue weighted by molar-refractivity contribution is -0.422. The van der Waals surface area contributed by atoms with Gasteiger partial charge in [0.1, 0.15) is 11.1 Å². The number of aromatic nitrogens is 4. The van der Waals surface area contributed by atoms with Gasteiger partial charge in [-0.1, -0.05) is 6.07 Å². The number of rotatable bonds is 4. The highest BCUT2D eigenvalue weighted by atomic mass is 16.6. The van der Waals surface area contributed by atoms with Gasteiger partial charge in [0, 0.05) is 6.07 Å². The minimum absolute atomic E-state index is 0.274. The number of imidazole rings is 1. The van der Waals surface area contributed by atoms with Crippen LogP contribution in [-0.4, -0.2) is 35.6 Å². The van der Waals surface area contributed by atoms with E-state index in [-0.39, 0.29) is 11.5 Å². The Morgan fingerprint density at radius 1 is 1.13 bits per heavy atom. The quantitative estimate of drug-likeness (QED) is 0.429. The van der Waals surface area contributed by atoms with Crippen molar-refractivity contribution in [3.8, 4) is 0 Å². The van der Waals surface area contributed by atoms with Gasteiger partial charge >= 0.3 is 11.4 Å². The van der Waals surface area contributed by atoms with Gasteiger partial charge in [0.25, 0.3) is 0 Å². The fourth-order valence-electron chi connectivity index (χ4n) is 2.02.